The third-order valence-electron chi connectivity index (χ3n) is 4.27. The number of carbonyl (C=O) groups is 3. The third-order valence-corrected chi connectivity index (χ3v) is 4.27. The van der Waals surface area contributed by atoms with Crippen LogP contribution in [0, 0.1) is 0 Å². The van der Waals surface area contributed by atoms with E-state index in [0.717, 1.165) is 0 Å². The molecule has 0 radical (unpaired) electrons. The first-order valence-electron chi connectivity index (χ1n) is 10.3. The van der Waals surface area contributed by atoms with Crippen LogP contribution in [0.15, 0.2) is 72.8 Å². The topological polar surface area (TPSA) is 103 Å². The number of carbonyl (C=O) groups excluding carboxylic acids is 3. The van der Waals surface area contributed by atoms with E-state index in [0.29, 0.717) is 35.0 Å². The number of anilines is 2. The summed E-state index contributed by atoms with van der Waals surface area (Å²) in [6, 6.07) is 20.1. The van der Waals surface area contributed by atoms with Gasteiger partial charge < -0.3 is 24.8 Å². The second kappa shape index (κ2) is 11.3. The SMILES string of the molecule is CCOc1ccccc1OCC(=O)Nc1cccc(NC(=O)c2cccc(OC(C)=O)c2)c1. The van der Waals surface area contributed by atoms with Crippen LogP contribution in [0.3, 0.4) is 0 Å². The molecule has 0 bridgehead atoms. The largest absolute Gasteiger partial charge is 0.490 e. The molecule has 8 heteroatoms. The number of rotatable bonds is 9. The highest BCUT2D eigenvalue weighted by Gasteiger charge is 2.11. The number of para-hydroxylation sites is 2. The van der Waals surface area contributed by atoms with Gasteiger partial charge >= 0.3 is 5.97 Å². The normalized spacial score (nSPS) is 10.1. The minimum absolute atomic E-state index is 0.205. The Bertz CT molecular complexity index is 1150. The summed E-state index contributed by atoms with van der Waals surface area (Å²) in [5, 5.41) is 5.49. The molecule has 0 heterocycles. The molecule has 8 nitrogen and oxygen atoms in total. The van der Waals surface area contributed by atoms with Crippen molar-refractivity contribution in [2.24, 2.45) is 0 Å². The van der Waals surface area contributed by atoms with Crippen LogP contribution in [-0.2, 0) is 9.59 Å². The minimum Gasteiger partial charge on any atom is -0.490 e. The molecule has 0 saturated carbocycles. The van der Waals surface area contributed by atoms with E-state index in [4.69, 9.17) is 14.2 Å². The number of amides is 2. The van der Waals surface area contributed by atoms with Gasteiger partial charge in [0.25, 0.3) is 11.8 Å². The zero-order valence-corrected chi connectivity index (χ0v) is 18.3. The molecule has 0 fully saturated rings. The van der Waals surface area contributed by atoms with E-state index in [2.05, 4.69) is 10.6 Å². The fraction of sp³-hybridized carbons (Fsp3) is 0.160. The molecular weight excluding hydrogens is 424 g/mol. The molecule has 0 aromatic heterocycles. The second-order valence-electron chi connectivity index (χ2n) is 6.87. The average Bonchev–Trinajstić information content (AvgIpc) is 2.79. The van der Waals surface area contributed by atoms with Crippen molar-refractivity contribution in [3.05, 3.63) is 78.4 Å². The molecule has 0 unspecified atom stereocenters. The maximum absolute atomic E-state index is 12.6. The van der Waals surface area contributed by atoms with Crippen molar-refractivity contribution in [2.45, 2.75) is 13.8 Å². The number of nitrogens with one attached hydrogen (secondary N) is 2. The molecule has 0 aliphatic heterocycles. The summed E-state index contributed by atoms with van der Waals surface area (Å²) < 4.78 is 16.1. The molecule has 2 amide bonds. The van der Waals surface area contributed by atoms with Gasteiger partial charge in [-0.3, -0.25) is 14.4 Å². The van der Waals surface area contributed by atoms with Gasteiger partial charge in [-0.05, 0) is 55.5 Å². The van der Waals surface area contributed by atoms with Gasteiger partial charge in [-0.25, -0.2) is 0 Å². The molecule has 3 aromatic rings. The molecule has 3 rings (SSSR count). The van der Waals surface area contributed by atoms with Crippen molar-refractivity contribution in [1.82, 2.24) is 0 Å². The lowest BCUT2D eigenvalue weighted by molar-refractivity contribution is -0.131. The average molecular weight is 448 g/mol. The third kappa shape index (κ3) is 7.10. The summed E-state index contributed by atoms with van der Waals surface area (Å²) in [7, 11) is 0. The van der Waals surface area contributed by atoms with Gasteiger partial charge in [0.1, 0.15) is 5.75 Å². The van der Waals surface area contributed by atoms with E-state index < -0.39 is 5.97 Å². The quantitative estimate of drug-likeness (QED) is 0.374. The molecule has 33 heavy (non-hydrogen) atoms. The predicted octanol–water partition coefficient (Wildman–Crippen LogP) is 4.28. The van der Waals surface area contributed by atoms with Crippen LogP contribution in [0.1, 0.15) is 24.2 Å². The molecule has 0 spiro atoms. The molecular formula is C25H24N2O6. The zero-order valence-electron chi connectivity index (χ0n) is 18.3. The summed E-state index contributed by atoms with van der Waals surface area (Å²) >= 11 is 0. The maximum atomic E-state index is 12.6. The van der Waals surface area contributed by atoms with Crippen molar-refractivity contribution in [1.29, 1.82) is 0 Å². The lowest BCUT2D eigenvalue weighted by Crippen LogP contribution is -2.20. The number of benzene rings is 3. The van der Waals surface area contributed by atoms with Crippen LogP contribution < -0.4 is 24.8 Å². The second-order valence-corrected chi connectivity index (χ2v) is 6.87. The van der Waals surface area contributed by atoms with Crippen molar-refractivity contribution >= 4 is 29.2 Å². The Balaban J connectivity index is 1.59. The van der Waals surface area contributed by atoms with E-state index in [1.54, 1.807) is 60.7 Å². The van der Waals surface area contributed by atoms with Crippen LogP contribution in [0.5, 0.6) is 17.2 Å². The Labute approximate surface area is 191 Å². The summed E-state index contributed by atoms with van der Waals surface area (Å²) in [6.45, 7) is 3.43. The smallest absolute Gasteiger partial charge is 0.308 e. The van der Waals surface area contributed by atoms with Gasteiger partial charge in [-0.2, -0.15) is 0 Å². The molecule has 0 aliphatic rings. The van der Waals surface area contributed by atoms with E-state index in [1.807, 2.05) is 13.0 Å². The van der Waals surface area contributed by atoms with Gasteiger partial charge in [-0.1, -0.05) is 24.3 Å². The summed E-state index contributed by atoms with van der Waals surface area (Å²) in [4.78, 5) is 36.0. The highest BCUT2D eigenvalue weighted by molar-refractivity contribution is 6.05. The van der Waals surface area contributed by atoms with Crippen molar-refractivity contribution < 1.29 is 28.6 Å². The maximum Gasteiger partial charge on any atom is 0.308 e. The minimum atomic E-state index is -0.471. The van der Waals surface area contributed by atoms with Crippen molar-refractivity contribution in [3.8, 4) is 17.2 Å². The van der Waals surface area contributed by atoms with E-state index in [-0.39, 0.29) is 24.2 Å². The standard InChI is InChI=1S/C25H24N2O6/c1-3-31-22-12-4-5-13-23(22)32-16-24(29)26-19-9-7-10-20(15-19)27-25(30)18-8-6-11-21(14-18)33-17(2)28/h4-15H,3,16H2,1-2H3,(H,26,29)(H,27,30). The van der Waals surface area contributed by atoms with E-state index >= 15 is 0 Å². The van der Waals surface area contributed by atoms with Crippen molar-refractivity contribution in [3.63, 3.8) is 0 Å². The van der Waals surface area contributed by atoms with Crippen LogP contribution in [0.2, 0.25) is 0 Å². The molecule has 170 valence electrons. The van der Waals surface area contributed by atoms with Gasteiger partial charge in [0, 0.05) is 23.9 Å². The van der Waals surface area contributed by atoms with Gasteiger partial charge in [0.15, 0.2) is 18.1 Å². The highest BCUT2D eigenvalue weighted by atomic mass is 16.5. The predicted molar refractivity (Wildman–Crippen MR) is 124 cm³/mol. The number of hydrogen-bond donors (Lipinski definition) is 2. The van der Waals surface area contributed by atoms with Crippen LogP contribution in [-0.4, -0.2) is 31.0 Å². The Morgan fingerprint density at radius 1 is 0.788 bits per heavy atom. The summed E-state index contributed by atoms with van der Waals surface area (Å²) in [6.07, 6.45) is 0. The first-order chi connectivity index (χ1) is 15.9. The van der Waals surface area contributed by atoms with E-state index in [9.17, 15) is 14.4 Å². The Kier molecular flexibility index (Phi) is 8.02. The Hall–Kier alpha value is -4.33. The van der Waals surface area contributed by atoms with Crippen LogP contribution in [0.25, 0.3) is 0 Å². The highest BCUT2D eigenvalue weighted by Crippen LogP contribution is 2.26. The van der Waals surface area contributed by atoms with Crippen LogP contribution in [0.4, 0.5) is 11.4 Å². The van der Waals surface area contributed by atoms with Crippen LogP contribution >= 0.6 is 0 Å². The van der Waals surface area contributed by atoms with Gasteiger partial charge in [0.05, 0.1) is 6.61 Å². The van der Waals surface area contributed by atoms with Gasteiger partial charge in [-0.15, -0.1) is 0 Å². The Morgan fingerprint density at radius 2 is 1.45 bits per heavy atom. The number of hydrogen-bond acceptors (Lipinski definition) is 6. The molecule has 0 atom stereocenters. The van der Waals surface area contributed by atoms with E-state index in [1.165, 1.54) is 13.0 Å². The fourth-order valence-electron chi connectivity index (χ4n) is 2.93. The molecule has 3 aromatic carbocycles. The first kappa shape index (κ1) is 23.3. The summed E-state index contributed by atoms with van der Waals surface area (Å²) in [5.41, 5.74) is 1.30. The lowest BCUT2D eigenvalue weighted by atomic mass is 10.2. The Morgan fingerprint density at radius 3 is 2.15 bits per heavy atom. The fourth-order valence-corrected chi connectivity index (χ4v) is 2.93. The van der Waals surface area contributed by atoms with Gasteiger partial charge in [0.2, 0.25) is 0 Å². The zero-order chi connectivity index (χ0) is 23.6. The molecule has 0 aliphatic carbocycles. The molecule has 0 saturated heterocycles. The summed E-state index contributed by atoms with van der Waals surface area (Å²) in [5.74, 6) is 0.104. The number of esters is 1. The molecule has 2 N–H and O–H groups in total. The first-order valence-corrected chi connectivity index (χ1v) is 10.3. The lowest BCUT2D eigenvalue weighted by Gasteiger charge is -2.12. The monoisotopic (exact) mass is 448 g/mol. The van der Waals surface area contributed by atoms with Crippen molar-refractivity contribution in [2.75, 3.05) is 23.8 Å². The number of ether oxygens (including phenoxy) is 3.